The molecule has 0 atom stereocenters. The molecule has 6 heteroatoms. The standard InChI is InChI=1S/C14H19NO4S/c1-3-10-5-6-11(13(16)17)9-12(10)20(18,19)15-14(2)7-4-8-14/h5-6,9,15H,3-4,7-8H2,1-2H3,(H,16,17). The summed E-state index contributed by atoms with van der Waals surface area (Å²) in [6, 6.07) is 4.25. The average Bonchev–Trinajstić information content (AvgIpc) is 2.35. The van der Waals surface area contributed by atoms with Crippen LogP contribution in [0.5, 0.6) is 0 Å². The normalized spacial score (nSPS) is 17.5. The van der Waals surface area contributed by atoms with Gasteiger partial charge in [-0.2, -0.15) is 0 Å². The van der Waals surface area contributed by atoms with Crippen molar-refractivity contribution in [3.05, 3.63) is 29.3 Å². The number of hydrogen-bond acceptors (Lipinski definition) is 3. The maximum Gasteiger partial charge on any atom is 0.335 e. The molecule has 0 aromatic heterocycles. The summed E-state index contributed by atoms with van der Waals surface area (Å²) in [6.45, 7) is 3.72. The fourth-order valence-corrected chi connectivity index (χ4v) is 4.22. The number of carboxylic acids is 1. The smallest absolute Gasteiger partial charge is 0.335 e. The van der Waals surface area contributed by atoms with Crippen molar-refractivity contribution < 1.29 is 18.3 Å². The number of hydrogen-bond donors (Lipinski definition) is 2. The van der Waals surface area contributed by atoms with Gasteiger partial charge in [0.1, 0.15) is 0 Å². The summed E-state index contributed by atoms with van der Waals surface area (Å²) in [7, 11) is -3.69. The second-order valence-electron chi connectivity index (χ2n) is 5.50. The van der Waals surface area contributed by atoms with Gasteiger partial charge in [0.25, 0.3) is 0 Å². The second kappa shape index (κ2) is 5.18. The Bertz CT molecular complexity index is 633. The van der Waals surface area contributed by atoms with Crippen LogP contribution < -0.4 is 4.72 Å². The summed E-state index contributed by atoms with van der Waals surface area (Å²) in [4.78, 5) is 11.1. The highest BCUT2D eigenvalue weighted by Crippen LogP contribution is 2.33. The van der Waals surface area contributed by atoms with E-state index in [0.717, 1.165) is 19.3 Å². The minimum Gasteiger partial charge on any atom is -0.478 e. The van der Waals surface area contributed by atoms with Crippen LogP contribution in [0, 0.1) is 0 Å². The minimum absolute atomic E-state index is 0.0127. The lowest BCUT2D eigenvalue weighted by atomic mass is 9.80. The summed E-state index contributed by atoms with van der Waals surface area (Å²) >= 11 is 0. The van der Waals surface area contributed by atoms with Gasteiger partial charge in [0.05, 0.1) is 10.5 Å². The Morgan fingerprint density at radius 1 is 1.40 bits per heavy atom. The van der Waals surface area contributed by atoms with Gasteiger partial charge < -0.3 is 5.11 Å². The molecule has 5 nitrogen and oxygen atoms in total. The summed E-state index contributed by atoms with van der Waals surface area (Å²) in [6.07, 6.45) is 3.17. The molecule has 1 aliphatic carbocycles. The fraction of sp³-hybridized carbons (Fsp3) is 0.500. The molecule has 0 radical (unpaired) electrons. The van der Waals surface area contributed by atoms with E-state index < -0.39 is 21.5 Å². The fourth-order valence-electron chi connectivity index (χ4n) is 2.42. The van der Waals surface area contributed by atoms with E-state index in [1.165, 1.54) is 12.1 Å². The first-order chi connectivity index (χ1) is 9.27. The highest BCUT2D eigenvalue weighted by atomic mass is 32.2. The molecule has 110 valence electrons. The van der Waals surface area contributed by atoms with Crippen molar-refractivity contribution in [2.75, 3.05) is 0 Å². The van der Waals surface area contributed by atoms with Crippen LogP contribution in [-0.2, 0) is 16.4 Å². The zero-order chi connectivity index (χ0) is 15.0. The summed E-state index contributed by atoms with van der Waals surface area (Å²) < 4.78 is 27.7. The number of carboxylic acid groups (broad SMARTS) is 1. The van der Waals surface area contributed by atoms with Gasteiger partial charge in [0.15, 0.2) is 0 Å². The molecule has 0 spiro atoms. The molecule has 1 fully saturated rings. The Labute approximate surface area is 119 Å². The molecule has 2 N–H and O–H groups in total. The zero-order valence-electron chi connectivity index (χ0n) is 11.6. The van der Waals surface area contributed by atoms with Crippen LogP contribution >= 0.6 is 0 Å². The van der Waals surface area contributed by atoms with Crippen LogP contribution in [0.2, 0.25) is 0 Å². The molecule has 0 bridgehead atoms. The van der Waals surface area contributed by atoms with Gasteiger partial charge >= 0.3 is 5.97 Å². The number of carbonyl (C=O) groups is 1. The van der Waals surface area contributed by atoms with Gasteiger partial charge in [0, 0.05) is 5.54 Å². The highest BCUT2D eigenvalue weighted by Gasteiger charge is 2.36. The lowest BCUT2D eigenvalue weighted by Gasteiger charge is -2.38. The van der Waals surface area contributed by atoms with Gasteiger partial charge in [0.2, 0.25) is 10.0 Å². The Balaban J connectivity index is 2.43. The predicted octanol–water partition coefficient (Wildman–Crippen LogP) is 2.17. The maximum atomic E-state index is 12.5. The Kier molecular flexibility index (Phi) is 3.88. The highest BCUT2D eigenvalue weighted by molar-refractivity contribution is 7.89. The van der Waals surface area contributed by atoms with Crippen LogP contribution in [-0.4, -0.2) is 25.0 Å². The monoisotopic (exact) mass is 297 g/mol. The van der Waals surface area contributed by atoms with E-state index >= 15 is 0 Å². The van der Waals surface area contributed by atoms with Gasteiger partial charge in [-0.25, -0.2) is 17.9 Å². The number of aromatic carboxylic acids is 1. The quantitative estimate of drug-likeness (QED) is 0.872. The SMILES string of the molecule is CCc1ccc(C(=O)O)cc1S(=O)(=O)NC1(C)CCC1. The van der Waals surface area contributed by atoms with Crippen LogP contribution in [0.15, 0.2) is 23.1 Å². The van der Waals surface area contributed by atoms with E-state index in [2.05, 4.69) is 4.72 Å². The molecule has 0 saturated heterocycles. The molecule has 0 heterocycles. The van der Waals surface area contributed by atoms with Crippen molar-refractivity contribution in [3.8, 4) is 0 Å². The van der Waals surface area contributed by atoms with Gasteiger partial charge in [-0.1, -0.05) is 13.0 Å². The zero-order valence-corrected chi connectivity index (χ0v) is 12.5. The van der Waals surface area contributed by atoms with Crippen molar-refractivity contribution in [1.82, 2.24) is 4.72 Å². The second-order valence-corrected chi connectivity index (χ2v) is 7.15. The molecule has 1 aliphatic rings. The number of sulfonamides is 1. The first kappa shape index (κ1) is 15.0. The van der Waals surface area contributed by atoms with Gasteiger partial charge in [-0.15, -0.1) is 0 Å². The van der Waals surface area contributed by atoms with Crippen LogP contribution in [0.4, 0.5) is 0 Å². The number of benzene rings is 1. The summed E-state index contributed by atoms with van der Waals surface area (Å²) in [5.74, 6) is -1.13. The number of nitrogens with one attached hydrogen (secondary N) is 1. The molecule has 1 aromatic carbocycles. The summed E-state index contributed by atoms with van der Waals surface area (Å²) in [5, 5.41) is 9.01. The molecule has 20 heavy (non-hydrogen) atoms. The third-order valence-electron chi connectivity index (χ3n) is 3.82. The van der Waals surface area contributed by atoms with E-state index in [1.807, 2.05) is 13.8 Å². The molecule has 0 aliphatic heterocycles. The molecular weight excluding hydrogens is 278 g/mol. The third-order valence-corrected chi connectivity index (χ3v) is 5.54. The number of aryl methyl sites for hydroxylation is 1. The molecular formula is C14H19NO4S. The molecule has 0 amide bonds. The first-order valence-electron chi connectivity index (χ1n) is 6.68. The molecule has 2 rings (SSSR count). The van der Waals surface area contributed by atoms with Crippen molar-refractivity contribution in [2.24, 2.45) is 0 Å². The van der Waals surface area contributed by atoms with E-state index in [0.29, 0.717) is 12.0 Å². The van der Waals surface area contributed by atoms with Crippen molar-refractivity contribution in [2.45, 2.75) is 50.0 Å². The largest absolute Gasteiger partial charge is 0.478 e. The van der Waals surface area contributed by atoms with E-state index in [4.69, 9.17) is 5.11 Å². The lowest BCUT2D eigenvalue weighted by molar-refractivity contribution is 0.0696. The number of rotatable bonds is 5. The predicted molar refractivity (Wildman–Crippen MR) is 75.4 cm³/mol. The van der Waals surface area contributed by atoms with E-state index in [1.54, 1.807) is 6.07 Å². The van der Waals surface area contributed by atoms with Crippen molar-refractivity contribution in [1.29, 1.82) is 0 Å². The Morgan fingerprint density at radius 3 is 2.50 bits per heavy atom. The van der Waals surface area contributed by atoms with E-state index in [-0.39, 0.29) is 10.5 Å². The van der Waals surface area contributed by atoms with Gasteiger partial charge in [-0.05, 0) is 50.3 Å². The van der Waals surface area contributed by atoms with Crippen molar-refractivity contribution >= 4 is 16.0 Å². The molecule has 1 saturated carbocycles. The van der Waals surface area contributed by atoms with Crippen LogP contribution in [0.1, 0.15) is 49.0 Å². The van der Waals surface area contributed by atoms with Crippen molar-refractivity contribution in [3.63, 3.8) is 0 Å². The van der Waals surface area contributed by atoms with E-state index in [9.17, 15) is 13.2 Å². The third kappa shape index (κ3) is 2.86. The Morgan fingerprint density at radius 2 is 2.05 bits per heavy atom. The van der Waals surface area contributed by atoms with Crippen LogP contribution in [0.3, 0.4) is 0 Å². The molecule has 1 aromatic rings. The lowest BCUT2D eigenvalue weighted by Crippen LogP contribution is -2.50. The Hall–Kier alpha value is -1.40. The minimum atomic E-state index is -3.69. The average molecular weight is 297 g/mol. The summed E-state index contributed by atoms with van der Waals surface area (Å²) in [5.41, 5.74) is 0.218. The van der Waals surface area contributed by atoms with Crippen LogP contribution in [0.25, 0.3) is 0 Å². The maximum absolute atomic E-state index is 12.5. The first-order valence-corrected chi connectivity index (χ1v) is 8.16. The topological polar surface area (TPSA) is 83.5 Å². The van der Waals surface area contributed by atoms with Gasteiger partial charge in [-0.3, -0.25) is 0 Å². The molecule has 0 unspecified atom stereocenters.